The normalized spacial score (nSPS) is 17.7. The van der Waals surface area contributed by atoms with E-state index in [1.165, 1.54) is 12.8 Å². The van der Waals surface area contributed by atoms with Crippen molar-refractivity contribution in [2.75, 3.05) is 18.4 Å². The lowest BCUT2D eigenvalue weighted by Gasteiger charge is -2.23. The molecular weight excluding hydrogens is 400 g/mol. The Kier molecular flexibility index (Phi) is 7.46. The van der Waals surface area contributed by atoms with E-state index in [1.54, 1.807) is 6.20 Å². The fraction of sp³-hybridized carbons (Fsp3) is 0.346. The molecule has 0 bridgehead atoms. The molecule has 0 spiro atoms. The molecule has 5 rings (SSSR count). The number of carbonyl (C=O) groups excluding carboxylic acids is 2. The maximum absolute atomic E-state index is 11.7. The molecule has 166 valence electrons. The van der Waals surface area contributed by atoms with Crippen molar-refractivity contribution in [3.63, 3.8) is 0 Å². The summed E-state index contributed by atoms with van der Waals surface area (Å²) in [4.78, 5) is 27.4. The summed E-state index contributed by atoms with van der Waals surface area (Å²) in [6.45, 7) is 1.81. The van der Waals surface area contributed by atoms with Crippen molar-refractivity contribution in [1.29, 1.82) is 0 Å². The van der Waals surface area contributed by atoms with E-state index in [1.807, 2.05) is 60.8 Å². The highest BCUT2D eigenvalue weighted by atomic mass is 16.2. The lowest BCUT2D eigenvalue weighted by atomic mass is 10.1. The monoisotopic (exact) mass is 430 g/mol. The minimum atomic E-state index is 0.0213. The number of hydrogen-bond donors (Lipinski definition) is 3. The molecule has 1 aliphatic heterocycles. The number of fused-ring (bicyclic) bond motifs is 1. The van der Waals surface area contributed by atoms with Gasteiger partial charge in [0.1, 0.15) is 0 Å². The topological polar surface area (TPSA) is 83.1 Å². The number of rotatable bonds is 5. The molecule has 6 heteroatoms. The van der Waals surface area contributed by atoms with Gasteiger partial charge in [-0.3, -0.25) is 14.6 Å². The van der Waals surface area contributed by atoms with Crippen LogP contribution in [0.4, 0.5) is 5.69 Å². The van der Waals surface area contributed by atoms with E-state index in [9.17, 15) is 9.59 Å². The Morgan fingerprint density at radius 2 is 1.81 bits per heavy atom. The summed E-state index contributed by atoms with van der Waals surface area (Å²) in [6, 6.07) is 17.6. The average Bonchev–Trinajstić information content (AvgIpc) is 3.70. The molecule has 1 unspecified atom stereocenters. The van der Waals surface area contributed by atoms with Gasteiger partial charge >= 0.3 is 0 Å². The standard InChI is InChI=1S/C13H12N2O.C13H18N2O/c16-13(9-1-2-9)15-12-4-3-11-8-14-6-5-10(11)7-12;16-13(11-6-2-1-3-7-11)15-10-12-8-4-5-9-14-12/h3-9H,1-2H2,(H,15,16);1-3,6-7,12,14H,4-5,8-10H2,(H,15,16). The van der Waals surface area contributed by atoms with Crippen molar-refractivity contribution in [3.8, 4) is 0 Å². The molecule has 2 heterocycles. The summed E-state index contributed by atoms with van der Waals surface area (Å²) in [5.74, 6) is 0.412. The van der Waals surface area contributed by atoms with Crippen molar-refractivity contribution >= 4 is 28.3 Å². The van der Waals surface area contributed by atoms with Crippen LogP contribution in [0, 0.1) is 5.92 Å². The highest BCUT2D eigenvalue weighted by molar-refractivity contribution is 5.96. The van der Waals surface area contributed by atoms with Crippen molar-refractivity contribution in [2.24, 2.45) is 5.92 Å². The Balaban J connectivity index is 0.000000153. The SMILES string of the molecule is O=C(NCC1CCCCN1)c1ccccc1.O=C(Nc1ccc2cnccc2c1)C1CC1. The molecule has 2 fully saturated rings. The minimum Gasteiger partial charge on any atom is -0.350 e. The Morgan fingerprint density at radius 1 is 0.969 bits per heavy atom. The zero-order valence-electron chi connectivity index (χ0n) is 18.2. The molecule has 2 aromatic carbocycles. The van der Waals surface area contributed by atoms with Gasteiger partial charge < -0.3 is 16.0 Å². The quantitative estimate of drug-likeness (QED) is 0.568. The van der Waals surface area contributed by atoms with Crippen LogP contribution in [0.2, 0.25) is 0 Å². The van der Waals surface area contributed by atoms with Crippen LogP contribution in [0.5, 0.6) is 0 Å². The van der Waals surface area contributed by atoms with E-state index in [-0.39, 0.29) is 17.7 Å². The highest BCUT2D eigenvalue weighted by Gasteiger charge is 2.29. The first-order chi connectivity index (χ1) is 15.7. The second kappa shape index (κ2) is 10.9. The van der Waals surface area contributed by atoms with Gasteiger partial charge in [0.05, 0.1) is 0 Å². The van der Waals surface area contributed by atoms with Crippen molar-refractivity contribution < 1.29 is 9.59 Å². The zero-order chi connectivity index (χ0) is 22.2. The van der Waals surface area contributed by atoms with E-state index >= 15 is 0 Å². The first kappa shape index (κ1) is 22.0. The molecule has 1 aromatic heterocycles. The van der Waals surface area contributed by atoms with Gasteiger partial charge in [-0.25, -0.2) is 0 Å². The lowest BCUT2D eigenvalue weighted by molar-refractivity contribution is -0.117. The first-order valence-corrected chi connectivity index (χ1v) is 11.4. The van der Waals surface area contributed by atoms with Crippen LogP contribution < -0.4 is 16.0 Å². The number of piperidine rings is 1. The predicted molar refractivity (Wildman–Crippen MR) is 128 cm³/mol. The fourth-order valence-corrected chi connectivity index (χ4v) is 3.76. The number of benzene rings is 2. The molecule has 0 radical (unpaired) electrons. The number of anilines is 1. The van der Waals surface area contributed by atoms with Crippen LogP contribution in [0.3, 0.4) is 0 Å². The maximum atomic E-state index is 11.7. The van der Waals surface area contributed by atoms with Gasteiger partial charge in [-0.05, 0) is 67.9 Å². The summed E-state index contributed by atoms with van der Waals surface area (Å²) >= 11 is 0. The largest absolute Gasteiger partial charge is 0.350 e. The number of nitrogens with one attached hydrogen (secondary N) is 3. The molecular formula is C26H30N4O2. The number of hydrogen-bond acceptors (Lipinski definition) is 4. The van der Waals surface area contributed by atoms with Gasteiger partial charge in [0, 0.05) is 47.5 Å². The number of pyridine rings is 1. The van der Waals surface area contributed by atoms with Crippen LogP contribution in [0.1, 0.15) is 42.5 Å². The fourth-order valence-electron chi connectivity index (χ4n) is 3.76. The lowest BCUT2D eigenvalue weighted by Crippen LogP contribution is -2.43. The number of nitrogens with zero attached hydrogens (tertiary/aromatic N) is 1. The predicted octanol–water partition coefficient (Wildman–Crippen LogP) is 4.14. The van der Waals surface area contributed by atoms with Crippen molar-refractivity contribution in [2.45, 2.75) is 38.1 Å². The zero-order valence-corrected chi connectivity index (χ0v) is 18.2. The van der Waals surface area contributed by atoms with Crippen LogP contribution in [-0.4, -0.2) is 35.9 Å². The molecule has 6 nitrogen and oxygen atoms in total. The Labute approximate surface area is 188 Å². The van der Waals surface area contributed by atoms with Gasteiger partial charge in [0.15, 0.2) is 0 Å². The summed E-state index contributed by atoms with van der Waals surface area (Å²) in [6.07, 6.45) is 9.32. The molecule has 3 aromatic rings. The van der Waals surface area contributed by atoms with E-state index in [0.29, 0.717) is 6.04 Å². The summed E-state index contributed by atoms with van der Waals surface area (Å²) in [5, 5.41) is 11.5. The van der Waals surface area contributed by atoms with E-state index in [2.05, 4.69) is 20.9 Å². The number of aromatic nitrogens is 1. The maximum Gasteiger partial charge on any atom is 0.251 e. The van der Waals surface area contributed by atoms with E-state index in [4.69, 9.17) is 0 Å². The van der Waals surface area contributed by atoms with Crippen molar-refractivity contribution in [1.82, 2.24) is 15.6 Å². The van der Waals surface area contributed by atoms with E-state index in [0.717, 1.165) is 54.4 Å². The minimum absolute atomic E-state index is 0.0213. The smallest absolute Gasteiger partial charge is 0.251 e. The average molecular weight is 431 g/mol. The third kappa shape index (κ3) is 6.37. The number of carbonyl (C=O) groups is 2. The molecule has 2 amide bonds. The van der Waals surface area contributed by atoms with Crippen LogP contribution in [0.25, 0.3) is 10.8 Å². The second-order valence-corrected chi connectivity index (χ2v) is 8.42. The highest BCUT2D eigenvalue weighted by Crippen LogP contribution is 2.30. The Bertz CT molecular complexity index is 1040. The molecule has 1 saturated carbocycles. The summed E-state index contributed by atoms with van der Waals surface area (Å²) < 4.78 is 0. The second-order valence-electron chi connectivity index (χ2n) is 8.42. The molecule has 1 saturated heterocycles. The molecule has 1 atom stereocenters. The van der Waals surface area contributed by atoms with E-state index < -0.39 is 0 Å². The Morgan fingerprint density at radius 3 is 2.56 bits per heavy atom. The third-order valence-corrected chi connectivity index (χ3v) is 5.81. The van der Waals surface area contributed by atoms with Gasteiger partial charge in [-0.15, -0.1) is 0 Å². The van der Waals surface area contributed by atoms with Crippen LogP contribution in [0.15, 0.2) is 67.0 Å². The van der Waals surface area contributed by atoms with Crippen LogP contribution >= 0.6 is 0 Å². The first-order valence-electron chi connectivity index (χ1n) is 11.4. The summed E-state index contributed by atoms with van der Waals surface area (Å²) in [5.41, 5.74) is 1.61. The van der Waals surface area contributed by atoms with Crippen molar-refractivity contribution in [3.05, 3.63) is 72.6 Å². The summed E-state index contributed by atoms with van der Waals surface area (Å²) in [7, 11) is 0. The van der Waals surface area contributed by atoms with Gasteiger partial charge in [0.2, 0.25) is 5.91 Å². The Hall–Kier alpha value is -3.25. The van der Waals surface area contributed by atoms with Gasteiger partial charge in [-0.1, -0.05) is 30.7 Å². The van der Waals surface area contributed by atoms with Gasteiger partial charge in [-0.2, -0.15) is 0 Å². The number of amides is 2. The van der Waals surface area contributed by atoms with Crippen LogP contribution in [-0.2, 0) is 4.79 Å². The molecule has 3 N–H and O–H groups in total. The molecule has 2 aliphatic rings. The molecule has 1 aliphatic carbocycles. The third-order valence-electron chi connectivity index (χ3n) is 5.81. The molecule has 32 heavy (non-hydrogen) atoms. The van der Waals surface area contributed by atoms with Gasteiger partial charge in [0.25, 0.3) is 5.91 Å².